The van der Waals surface area contributed by atoms with Crippen LogP contribution in [-0.4, -0.2) is 30.3 Å². The van der Waals surface area contributed by atoms with E-state index in [-0.39, 0.29) is 18.0 Å². The van der Waals surface area contributed by atoms with E-state index in [1.165, 1.54) is 18.3 Å². The Labute approximate surface area is 143 Å². The molecule has 1 aliphatic heterocycles. The quantitative estimate of drug-likeness (QED) is 0.509. The summed E-state index contributed by atoms with van der Waals surface area (Å²) >= 11 is 0. The van der Waals surface area contributed by atoms with Crippen molar-refractivity contribution >= 4 is 17.8 Å². The van der Waals surface area contributed by atoms with Gasteiger partial charge in [-0.1, -0.05) is 12.1 Å². The first-order valence-corrected chi connectivity index (χ1v) is 7.57. The summed E-state index contributed by atoms with van der Waals surface area (Å²) in [6.07, 6.45) is 1.59. The lowest BCUT2D eigenvalue weighted by Crippen LogP contribution is -2.19. The normalized spacial score (nSPS) is 12.8. The van der Waals surface area contributed by atoms with E-state index >= 15 is 0 Å². The molecule has 128 valence electrons. The number of hydrogen-bond acceptors (Lipinski definition) is 6. The van der Waals surface area contributed by atoms with Gasteiger partial charge in [-0.15, -0.1) is 0 Å². The average molecular weight is 341 g/mol. The van der Waals surface area contributed by atoms with E-state index in [1.54, 1.807) is 30.3 Å². The zero-order valence-corrected chi connectivity index (χ0v) is 13.2. The summed E-state index contributed by atoms with van der Waals surface area (Å²) in [6.45, 7) is 1.03. The Bertz CT molecular complexity index is 818. The number of nitrogens with one attached hydrogen (secondary N) is 1. The molecule has 8 heteroatoms. The van der Waals surface area contributed by atoms with E-state index in [4.69, 9.17) is 9.47 Å². The summed E-state index contributed by atoms with van der Waals surface area (Å²) < 4.78 is 10.9. The largest absolute Gasteiger partial charge is 0.486 e. The van der Waals surface area contributed by atoms with Crippen molar-refractivity contribution in [1.82, 2.24) is 5.43 Å². The molecular weight excluding hydrogens is 326 g/mol. The van der Waals surface area contributed by atoms with E-state index in [1.807, 2.05) is 0 Å². The number of fused-ring (bicyclic) bond motifs is 1. The number of benzene rings is 2. The summed E-state index contributed by atoms with van der Waals surface area (Å²) in [5.41, 5.74) is 3.84. The molecule has 1 N–H and O–H groups in total. The smallest absolute Gasteiger partial charge is 0.269 e. The van der Waals surface area contributed by atoms with Gasteiger partial charge in [-0.2, -0.15) is 5.10 Å². The van der Waals surface area contributed by atoms with Crippen molar-refractivity contribution in [2.45, 2.75) is 6.42 Å². The van der Waals surface area contributed by atoms with E-state index < -0.39 is 4.92 Å². The van der Waals surface area contributed by atoms with Crippen LogP contribution < -0.4 is 14.9 Å². The van der Waals surface area contributed by atoms with Crippen LogP contribution in [0.25, 0.3) is 0 Å². The van der Waals surface area contributed by atoms with Crippen LogP contribution in [0.2, 0.25) is 0 Å². The highest BCUT2D eigenvalue weighted by Gasteiger charge is 2.11. The number of amides is 1. The van der Waals surface area contributed by atoms with Crippen LogP contribution >= 0.6 is 0 Å². The molecular formula is C17H15N3O5. The molecule has 0 unspecified atom stereocenters. The molecule has 0 aromatic heterocycles. The van der Waals surface area contributed by atoms with Crippen LogP contribution in [0.4, 0.5) is 5.69 Å². The average Bonchev–Trinajstić information content (AvgIpc) is 2.62. The minimum atomic E-state index is -0.485. The van der Waals surface area contributed by atoms with Crippen LogP contribution in [0.3, 0.4) is 0 Å². The van der Waals surface area contributed by atoms with Gasteiger partial charge in [-0.05, 0) is 29.3 Å². The Kier molecular flexibility index (Phi) is 4.89. The fourth-order valence-electron chi connectivity index (χ4n) is 2.28. The van der Waals surface area contributed by atoms with Crippen molar-refractivity contribution in [3.05, 3.63) is 63.7 Å². The van der Waals surface area contributed by atoms with Crippen molar-refractivity contribution in [1.29, 1.82) is 0 Å². The maximum Gasteiger partial charge on any atom is 0.269 e. The molecule has 8 nitrogen and oxygen atoms in total. The van der Waals surface area contributed by atoms with Crippen LogP contribution in [0, 0.1) is 10.1 Å². The number of carbonyl (C=O) groups is 1. The van der Waals surface area contributed by atoms with E-state index in [0.29, 0.717) is 30.3 Å². The van der Waals surface area contributed by atoms with Crippen molar-refractivity contribution in [2.75, 3.05) is 13.2 Å². The lowest BCUT2D eigenvalue weighted by molar-refractivity contribution is -0.384. The minimum absolute atomic E-state index is 0.0132. The number of nitrogens with zero attached hydrogens (tertiary/aromatic N) is 2. The second-order valence-corrected chi connectivity index (χ2v) is 5.30. The van der Waals surface area contributed by atoms with Crippen molar-refractivity contribution in [2.24, 2.45) is 5.10 Å². The van der Waals surface area contributed by atoms with E-state index in [0.717, 1.165) is 5.56 Å². The lowest BCUT2D eigenvalue weighted by atomic mass is 10.1. The highest BCUT2D eigenvalue weighted by atomic mass is 16.6. The van der Waals surface area contributed by atoms with Gasteiger partial charge in [0.1, 0.15) is 13.2 Å². The van der Waals surface area contributed by atoms with Crippen molar-refractivity contribution in [3.63, 3.8) is 0 Å². The van der Waals surface area contributed by atoms with Gasteiger partial charge in [0, 0.05) is 12.1 Å². The summed E-state index contributed by atoms with van der Waals surface area (Å²) in [7, 11) is 0. The second kappa shape index (κ2) is 7.43. The molecule has 0 spiro atoms. The first kappa shape index (κ1) is 16.4. The third-order valence-corrected chi connectivity index (χ3v) is 3.48. The van der Waals surface area contributed by atoms with Crippen LogP contribution in [0.1, 0.15) is 11.1 Å². The van der Waals surface area contributed by atoms with Gasteiger partial charge >= 0.3 is 0 Å². The molecule has 3 rings (SSSR count). The predicted octanol–water partition coefficient (Wildman–Crippen LogP) is 2.06. The third-order valence-electron chi connectivity index (χ3n) is 3.48. The maximum atomic E-state index is 11.9. The lowest BCUT2D eigenvalue weighted by Gasteiger charge is -2.18. The van der Waals surface area contributed by atoms with Gasteiger partial charge in [0.25, 0.3) is 5.69 Å². The number of non-ortho nitro benzene ring substituents is 1. The number of nitro groups is 1. The maximum absolute atomic E-state index is 11.9. The van der Waals surface area contributed by atoms with Gasteiger partial charge < -0.3 is 9.47 Å². The zero-order chi connectivity index (χ0) is 17.6. The fourth-order valence-corrected chi connectivity index (χ4v) is 2.28. The first-order valence-electron chi connectivity index (χ1n) is 7.57. The summed E-state index contributed by atoms with van der Waals surface area (Å²) in [5.74, 6) is 1.01. The summed E-state index contributed by atoms with van der Waals surface area (Å²) in [5, 5.41) is 14.5. The Morgan fingerprint density at radius 2 is 1.88 bits per heavy atom. The Balaban J connectivity index is 1.54. The topological polar surface area (TPSA) is 103 Å². The van der Waals surface area contributed by atoms with Gasteiger partial charge in [0.05, 0.1) is 17.6 Å². The predicted molar refractivity (Wildman–Crippen MR) is 90.0 cm³/mol. The summed E-state index contributed by atoms with van der Waals surface area (Å²) in [4.78, 5) is 22.0. The van der Waals surface area contributed by atoms with E-state index in [9.17, 15) is 14.9 Å². The van der Waals surface area contributed by atoms with Crippen LogP contribution in [-0.2, 0) is 11.2 Å². The molecule has 2 aromatic rings. The highest BCUT2D eigenvalue weighted by Crippen LogP contribution is 2.30. The first-order chi connectivity index (χ1) is 12.1. The van der Waals surface area contributed by atoms with Crippen molar-refractivity contribution in [3.8, 4) is 11.5 Å². The third kappa shape index (κ3) is 4.31. The molecule has 0 saturated carbocycles. The molecule has 0 saturated heterocycles. The van der Waals surface area contributed by atoms with Gasteiger partial charge in [-0.3, -0.25) is 14.9 Å². The number of rotatable bonds is 5. The Morgan fingerprint density at radius 3 is 2.60 bits per heavy atom. The molecule has 0 bridgehead atoms. The standard InChI is InChI=1S/C17H15N3O5/c21-17(10-12-1-4-14(5-2-12)20(22)23)19-18-11-13-3-6-15-16(9-13)25-8-7-24-15/h1-6,9,11H,7-8,10H2,(H,19,21)/b18-11+. The highest BCUT2D eigenvalue weighted by molar-refractivity contribution is 5.84. The van der Waals surface area contributed by atoms with Crippen LogP contribution in [0.15, 0.2) is 47.6 Å². The SMILES string of the molecule is O=C(Cc1ccc([N+](=O)[O-])cc1)N/N=C/c1ccc2c(c1)OCCO2. The zero-order valence-electron chi connectivity index (χ0n) is 13.2. The molecule has 0 radical (unpaired) electrons. The minimum Gasteiger partial charge on any atom is -0.486 e. The molecule has 0 aliphatic carbocycles. The monoisotopic (exact) mass is 341 g/mol. The van der Waals surface area contributed by atoms with Crippen molar-refractivity contribution < 1.29 is 19.2 Å². The molecule has 2 aromatic carbocycles. The van der Waals surface area contributed by atoms with E-state index in [2.05, 4.69) is 10.5 Å². The molecule has 0 atom stereocenters. The second-order valence-electron chi connectivity index (χ2n) is 5.30. The number of nitro benzene ring substituents is 1. The number of ether oxygens (including phenoxy) is 2. The van der Waals surface area contributed by atoms with Gasteiger partial charge in [-0.25, -0.2) is 5.43 Å². The molecule has 0 fully saturated rings. The molecule has 1 amide bonds. The molecule has 1 aliphatic rings. The Morgan fingerprint density at radius 1 is 1.16 bits per heavy atom. The summed E-state index contributed by atoms with van der Waals surface area (Å²) in [6, 6.07) is 11.2. The van der Waals surface area contributed by atoms with Gasteiger partial charge in [0.15, 0.2) is 11.5 Å². The molecule has 1 heterocycles. The van der Waals surface area contributed by atoms with Crippen LogP contribution in [0.5, 0.6) is 11.5 Å². The number of hydrazone groups is 1. The number of hydrogen-bond donors (Lipinski definition) is 1. The fraction of sp³-hybridized carbons (Fsp3) is 0.176. The van der Waals surface area contributed by atoms with Gasteiger partial charge in [0.2, 0.25) is 5.91 Å². The number of carbonyl (C=O) groups excluding carboxylic acids is 1. The molecule has 25 heavy (non-hydrogen) atoms. The Hall–Kier alpha value is -3.42.